The van der Waals surface area contributed by atoms with Gasteiger partial charge in [-0.15, -0.1) is 0 Å². The van der Waals surface area contributed by atoms with Crippen LogP contribution in [0.2, 0.25) is 0 Å². The van der Waals surface area contributed by atoms with E-state index in [2.05, 4.69) is 5.32 Å². The molecule has 0 spiro atoms. The number of amides is 2. The monoisotopic (exact) mass is 433 g/mol. The van der Waals surface area contributed by atoms with Crippen LogP contribution in [0.25, 0.3) is 0 Å². The molecule has 1 N–H and O–H groups in total. The van der Waals surface area contributed by atoms with Crippen molar-refractivity contribution in [2.45, 2.75) is 38.7 Å². The molecule has 0 radical (unpaired) electrons. The number of fused-ring (bicyclic) bond motifs is 2. The second kappa shape index (κ2) is 8.10. The van der Waals surface area contributed by atoms with Gasteiger partial charge in [-0.3, -0.25) is 14.4 Å². The van der Waals surface area contributed by atoms with Crippen LogP contribution in [-0.2, 0) is 17.8 Å². The van der Waals surface area contributed by atoms with Crippen LogP contribution in [0.3, 0.4) is 0 Å². The molecule has 1 fully saturated rings. The van der Waals surface area contributed by atoms with Gasteiger partial charge in [-0.25, -0.2) is 8.78 Å². The molecule has 2 aromatic rings. The molecule has 2 aliphatic rings. The number of benzene rings is 1. The first-order chi connectivity index (χ1) is 14.8. The van der Waals surface area contributed by atoms with E-state index >= 15 is 0 Å². The van der Waals surface area contributed by atoms with Gasteiger partial charge in [-0.05, 0) is 19.4 Å². The number of nitrogens with zero attached hydrogens (tertiary/aromatic N) is 2. The summed E-state index contributed by atoms with van der Waals surface area (Å²) < 4.78 is 39.3. The summed E-state index contributed by atoms with van der Waals surface area (Å²) in [7, 11) is 1.25. The van der Waals surface area contributed by atoms with Crippen molar-refractivity contribution in [3.63, 3.8) is 0 Å². The topological polar surface area (TPSA) is 89.9 Å². The van der Waals surface area contributed by atoms with E-state index in [4.69, 9.17) is 9.47 Å². The molecule has 0 saturated carbocycles. The molecule has 0 unspecified atom stereocenters. The predicted molar refractivity (Wildman–Crippen MR) is 105 cm³/mol. The smallest absolute Gasteiger partial charge is 0.276 e. The van der Waals surface area contributed by atoms with Crippen LogP contribution >= 0.6 is 0 Å². The minimum absolute atomic E-state index is 0.0576. The third-order valence-corrected chi connectivity index (χ3v) is 5.56. The lowest BCUT2D eigenvalue weighted by Crippen LogP contribution is -2.57. The number of hydrogen-bond acceptors (Lipinski definition) is 5. The maximum Gasteiger partial charge on any atom is 0.276 e. The Kier molecular flexibility index (Phi) is 5.48. The van der Waals surface area contributed by atoms with Crippen molar-refractivity contribution >= 4 is 11.8 Å². The number of aromatic nitrogens is 1. The van der Waals surface area contributed by atoms with Crippen molar-refractivity contribution < 1.29 is 27.8 Å². The maximum absolute atomic E-state index is 13.8. The molecule has 31 heavy (non-hydrogen) atoms. The minimum Gasteiger partial charge on any atom is -0.491 e. The number of halogens is 2. The molecule has 0 bridgehead atoms. The third kappa shape index (κ3) is 3.67. The van der Waals surface area contributed by atoms with Crippen molar-refractivity contribution in [1.29, 1.82) is 0 Å². The largest absolute Gasteiger partial charge is 0.491 e. The van der Waals surface area contributed by atoms with Gasteiger partial charge in [0.25, 0.3) is 11.8 Å². The Bertz CT molecular complexity index is 1120. The first-order valence-corrected chi connectivity index (χ1v) is 9.79. The Hall–Kier alpha value is -3.27. The van der Waals surface area contributed by atoms with Gasteiger partial charge >= 0.3 is 0 Å². The fourth-order valence-electron chi connectivity index (χ4n) is 3.93. The van der Waals surface area contributed by atoms with E-state index in [1.54, 1.807) is 4.90 Å². The molecule has 3 heterocycles. The predicted octanol–water partition coefficient (Wildman–Crippen LogP) is 1.66. The molecule has 8 nitrogen and oxygen atoms in total. The molecule has 164 valence electrons. The summed E-state index contributed by atoms with van der Waals surface area (Å²) in [6.45, 7) is 2.39. The van der Waals surface area contributed by atoms with Gasteiger partial charge in [0.1, 0.15) is 17.2 Å². The molecule has 1 aromatic carbocycles. The second-order valence-electron chi connectivity index (χ2n) is 7.50. The van der Waals surface area contributed by atoms with Gasteiger partial charge in [0.2, 0.25) is 5.43 Å². The standard InChI is InChI=1S/C21H21F2N3O5/c1-11-5-6-31-16-10-25-9-14(18(27)19(30-2)17(25)21(29)26(11)16)20(28)24-8-12-3-4-13(22)7-15(12)23/h3-4,7,9,11,16H,5-6,8,10H2,1-2H3,(H,24,28)/t11-,16+/m0/s1. The lowest BCUT2D eigenvalue weighted by molar-refractivity contribution is -0.112. The molecule has 4 rings (SSSR count). The van der Waals surface area contributed by atoms with Gasteiger partial charge in [0.05, 0.1) is 20.3 Å². The number of pyridine rings is 1. The molecule has 10 heteroatoms. The van der Waals surface area contributed by atoms with Gasteiger partial charge in [0.15, 0.2) is 17.7 Å². The van der Waals surface area contributed by atoms with Crippen LogP contribution in [-0.4, -0.2) is 47.3 Å². The summed E-state index contributed by atoms with van der Waals surface area (Å²) in [5.41, 5.74) is -0.881. The van der Waals surface area contributed by atoms with Crippen LogP contribution in [0.4, 0.5) is 8.78 Å². The zero-order chi connectivity index (χ0) is 22.3. The van der Waals surface area contributed by atoms with Crippen LogP contribution in [0.1, 0.15) is 39.8 Å². The highest BCUT2D eigenvalue weighted by Gasteiger charge is 2.41. The summed E-state index contributed by atoms with van der Waals surface area (Å²) >= 11 is 0. The summed E-state index contributed by atoms with van der Waals surface area (Å²) in [6, 6.07) is 2.93. The first kappa shape index (κ1) is 21.0. The van der Waals surface area contributed by atoms with Gasteiger partial charge in [-0.2, -0.15) is 0 Å². The molecular weight excluding hydrogens is 412 g/mol. The molecule has 2 amide bonds. The van der Waals surface area contributed by atoms with Crippen molar-refractivity contribution in [2.24, 2.45) is 0 Å². The summed E-state index contributed by atoms with van der Waals surface area (Å²) in [5.74, 6) is -2.95. The minimum atomic E-state index is -0.811. The quantitative estimate of drug-likeness (QED) is 0.792. The highest BCUT2D eigenvalue weighted by atomic mass is 19.1. The average molecular weight is 433 g/mol. The van der Waals surface area contributed by atoms with Crippen LogP contribution < -0.4 is 15.5 Å². The van der Waals surface area contributed by atoms with E-state index in [9.17, 15) is 23.2 Å². The molecule has 2 atom stereocenters. The number of ether oxygens (including phenoxy) is 2. The summed E-state index contributed by atoms with van der Waals surface area (Å²) in [5, 5.41) is 2.45. The highest BCUT2D eigenvalue weighted by Crippen LogP contribution is 2.29. The lowest BCUT2D eigenvalue weighted by atomic mass is 10.1. The highest BCUT2D eigenvalue weighted by molar-refractivity contribution is 5.99. The average Bonchev–Trinajstić information content (AvgIpc) is 2.73. The number of carbonyl (C=O) groups is 2. The van der Waals surface area contributed by atoms with Crippen molar-refractivity contribution in [3.05, 3.63) is 63.1 Å². The fourth-order valence-corrected chi connectivity index (χ4v) is 3.93. The zero-order valence-corrected chi connectivity index (χ0v) is 17.0. The van der Waals surface area contributed by atoms with Crippen molar-refractivity contribution in [3.8, 4) is 5.75 Å². The second-order valence-corrected chi connectivity index (χ2v) is 7.50. The number of carbonyl (C=O) groups excluding carboxylic acids is 2. The Balaban J connectivity index is 1.66. The molecule has 0 aliphatic carbocycles. The van der Waals surface area contributed by atoms with E-state index in [1.165, 1.54) is 23.9 Å². The van der Waals surface area contributed by atoms with Gasteiger partial charge in [0, 0.05) is 30.4 Å². The van der Waals surface area contributed by atoms with Gasteiger partial charge < -0.3 is 24.3 Å². The normalized spacial score (nSPS) is 20.1. The molecular formula is C21H21F2N3O5. The van der Waals surface area contributed by atoms with Crippen LogP contribution in [0.15, 0.2) is 29.2 Å². The van der Waals surface area contributed by atoms with E-state index in [1.807, 2.05) is 6.92 Å². The van der Waals surface area contributed by atoms with E-state index < -0.39 is 35.1 Å². The third-order valence-electron chi connectivity index (χ3n) is 5.56. The fraction of sp³-hybridized carbons (Fsp3) is 0.381. The summed E-state index contributed by atoms with van der Waals surface area (Å²) in [4.78, 5) is 40.2. The summed E-state index contributed by atoms with van der Waals surface area (Å²) in [6.07, 6.45) is 1.45. The van der Waals surface area contributed by atoms with Crippen molar-refractivity contribution in [1.82, 2.24) is 14.8 Å². The Labute approximate surface area is 176 Å². The first-order valence-electron chi connectivity index (χ1n) is 9.79. The van der Waals surface area contributed by atoms with E-state index in [-0.39, 0.29) is 41.7 Å². The van der Waals surface area contributed by atoms with E-state index in [0.717, 1.165) is 6.07 Å². The molecule has 1 saturated heterocycles. The molecule has 2 aliphatic heterocycles. The lowest BCUT2D eigenvalue weighted by Gasteiger charge is -2.44. The number of rotatable bonds is 4. The molecule has 1 aromatic heterocycles. The van der Waals surface area contributed by atoms with Crippen LogP contribution in [0, 0.1) is 11.6 Å². The van der Waals surface area contributed by atoms with Crippen molar-refractivity contribution in [2.75, 3.05) is 13.7 Å². The van der Waals surface area contributed by atoms with Gasteiger partial charge in [-0.1, -0.05) is 6.07 Å². The maximum atomic E-state index is 13.8. The Morgan fingerprint density at radius 2 is 2.10 bits per heavy atom. The number of nitrogens with one attached hydrogen (secondary N) is 1. The van der Waals surface area contributed by atoms with Crippen LogP contribution in [0.5, 0.6) is 5.75 Å². The Morgan fingerprint density at radius 3 is 2.81 bits per heavy atom. The zero-order valence-electron chi connectivity index (χ0n) is 17.0. The SMILES string of the molecule is COc1c2n(cc(C(=O)NCc3ccc(F)cc3F)c1=O)C[C@H]1OCC[C@H](C)N1C2=O. The number of hydrogen-bond donors (Lipinski definition) is 1. The Morgan fingerprint density at radius 1 is 1.32 bits per heavy atom. The van der Waals surface area contributed by atoms with E-state index in [0.29, 0.717) is 19.1 Å². The number of methoxy groups -OCH3 is 1.